The highest BCUT2D eigenvalue weighted by Gasteiger charge is 2.24. The zero-order valence-electron chi connectivity index (χ0n) is 19.8. The Balaban J connectivity index is 1.67. The lowest BCUT2D eigenvalue weighted by molar-refractivity contribution is 0.0787. The Morgan fingerprint density at radius 2 is 1.77 bits per heavy atom. The van der Waals surface area contributed by atoms with Crippen LogP contribution in [-0.4, -0.2) is 58.4 Å². The van der Waals surface area contributed by atoms with Gasteiger partial charge in [0.25, 0.3) is 5.91 Å². The number of carbonyl (C=O) groups is 1. The van der Waals surface area contributed by atoms with Crippen LogP contribution >= 0.6 is 0 Å². The number of sulfonamides is 1. The molecular formula is C25H27N5O4S. The van der Waals surface area contributed by atoms with Crippen LogP contribution in [0.5, 0.6) is 0 Å². The van der Waals surface area contributed by atoms with Crippen LogP contribution in [0.1, 0.15) is 29.8 Å². The number of nitrogens with zero attached hydrogens (tertiary/aromatic N) is 4. The summed E-state index contributed by atoms with van der Waals surface area (Å²) in [5, 5.41) is 4.73. The highest BCUT2D eigenvalue weighted by atomic mass is 32.2. The lowest BCUT2D eigenvalue weighted by Crippen LogP contribution is -2.30. The molecule has 0 aliphatic rings. The van der Waals surface area contributed by atoms with Crippen molar-refractivity contribution < 1.29 is 13.2 Å². The molecule has 0 atom stereocenters. The van der Waals surface area contributed by atoms with E-state index in [0.29, 0.717) is 24.0 Å². The molecule has 0 spiro atoms. The van der Waals surface area contributed by atoms with E-state index in [1.54, 1.807) is 31.8 Å². The van der Waals surface area contributed by atoms with Crippen molar-refractivity contribution in [1.29, 1.82) is 0 Å². The van der Waals surface area contributed by atoms with Crippen molar-refractivity contribution in [2.24, 2.45) is 0 Å². The van der Waals surface area contributed by atoms with Gasteiger partial charge in [0.1, 0.15) is 0 Å². The number of hydrogen-bond donors (Lipinski definition) is 1. The van der Waals surface area contributed by atoms with Gasteiger partial charge in [0.05, 0.1) is 22.3 Å². The van der Waals surface area contributed by atoms with Gasteiger partial charge in [-0.1, -0.05) is 32.0 Å². The SMILES string of the molecule is CCN(CC)S(=O)(=O)c1ccc2[nH]c(=O)cc(C(=O)N(C)Cc3cnn(-c4ccccc4)c3)c2c1. The van der Waals surface area contributed by atoms with Crippen molar-refractivity contribution >= 4 is 26.8 Å². The number of aromatic amines is 1. The molecule has 4 rings (SSSR count). The first kappa shape index (κ1) is 24.4. The molecule has 0 fully saturated rings. The molecule has 4 aromatic rings. The summed E-state index contributed by atoms with van der Waals surface area (Å²) in [6.07, 6.45) is 3.52. The Hall–Kier alpha value is -3.76. The number of H-pyrrole nitrogens is 1. The molecule has 1 amide bonds. The highest BCUT2D eigenvalue weighted by molar-refractivity contribution is 7.89. The van der Waals surface area contributed by atoms with Crippen molar-refractivity contribution in [2.45, 2.75) is 25.3 Å². The van der Waals surface area contributed by atoms with E-state index < -0.39 is 21.5 Å². The maximum atomic E-state index is 13.4. The predicted octanol–water partition coefficient (Wildman–Crippen LogP) is 3.02. The molecule has 0 radical (unpaired) electrons. The molecule has 1 N–H and O–H groups in total. The predicted molar refractivity (Wildman–Crippen MR) is 134 cm³/mol. The summed E-state index contributed by atoms with van der Waals surface area (Å²) in [6, 6.07) is 15.2. The fourth-order valence-electron chi connectivity index (χ4n) is 4.00. The molecule has 9 nitrogen and oxygen atoms in total. The Morgan fingerprint density at radius 3 is 2.46 bits per heavy atom. The third-order valence-electron chi connectivity index (χ3n) is 5.81. The molecule has 2 aromatic heterocycles. The van der Waals surface area contributed by atoms with Crippen molar-refractivity contribution in [3.05, 3.63) is 88.5 Å². The van der Waals surface area contributed by atoms with Gasteiger partial charge in [-0.2, -0.15) is 9.40 Å². The number of para-hydroxylation sites is 1. The molecule has 35 heavy (non-hydrogen) atoms. The number of carbonyl (C=O) groups excluding carboxylic acids is 1. The van der Waals surface area contributed by atoms with Gasteiger partial charge >= 0.3 is 0 Å². The molecule has 0 unspecified atom stereocenters. The lowest BCUT2D eigenvalue weighted by Gasteiger charge is -2.20. The quantitative estimate of drug-likeness (QED) is 0.406. The fraction of sp³-hybridized carbons (Fsp3) is 0.240. The largest absolute Gasteiger partial charge is 0.337 e. The number of pyridine rings is 1. The van der Waals surface area contributed by atoms with E-state index in [0.717, 1.165) is 11.3 Å². The number of hydrogen-bond acceptors (Lipinski definition) is 5. The third kappa shape index (κ3) is 4.89. The molecular weight excluding hydrogens is 466 g/mol. The zero-order valence-corrected chi connectivity index (χ0v) is 20.6. The summed E-state index contributed by atoms with van der Waals surface area (Å²) in [7, 11) is -2.10. The molecule has 0 aliphatic carbocycles. The molecule has 2 aromatic carbocycles. The van der Waals surface area contributed by atoms with Gasteiger partial charge in [-0.15, -0.1) is 0 Å². The van der Waals surface area contributed by atoms with Crippen LogP contribution in [0.2, 0.25) is 0 Å². The van der Waals surface area contributed by atoms with Crippen LogP contribution in [0.4, 0.5) is 0 Å². The second kappa shape index (κ2) is 9.85. The van der Waals surface area contributed by atoms with E-state index in [2.05, 4.69) is 10.1 Å². The molecule has 10 heteroatoms. The summed E-state index contributed by atoms with van der Waals surface area (Å²) < 4.78 is 29.1. The van der Waals surface area contributed by atoms with Gasteiger partial charge in [0.2, 0.25) is 15.6 Å². The van der Waals surface area contributed by atoms with Gasteiger partial charge in [-0.05, 0) is 30.3 Å². The monoisotopic (exact) mass is 493 g/mol. The summed E-state index contributed by atoms with van der Waals surface area (Å²) in [5.74, 6) is -0.397. The number of nitrogens with one attached hydrogen (secondary N) is 1. The van der Waals surface area contributed by atoms with Crippen LogP contribution in [0, 0.1) is 0 Å². The summed E-state index contributed by atoms with van der Waals surface area (Å²) >= 11 is 0. The van der Waals surface area contributed by atoms with Crippen LogP contribution in [0.3, 0.4) is 0 Å². The van der Waals surface area contributed by atoms with E-state index >= 15 is 0 Å². The summed E-state index contributed by atoms with van der Waals surface area (Å²) in [4.78, 5) is 29.9. The fourth-order valence-corrected chi connectivity index (χ4v) is 5.48. The van der Waals surface area contributed by atoms with E-state index in [1.807, 2.05) is 36.5 Å². The first-order valence-electron chi connectivity index (χ1n) is 11.3. The van der Waals surface area contributed by atoms with Crippen LogP contribution in [0.15, 0.2) is 76.7 Å². The molecule has 182 valence electrons. The molecule has 0 saturated carbocycles. The Morgan fingerprint density at radius 1 is 1.06 bits per heavy atom. The minimum Gasteiger partial charge on any atom is -0.337 e. The second-order valence-electron chi connectivity index (χ2n) is 8.13. The van der Waals surface area contributed by atoms with Crippen molar-refractivity contribution in [3.8, 4) is 5.69 Å². The summed E-state index contributed by atoms with van der Waals surface area (Å²) in [5.41, 5.74) is 1.80. The Labute approximate surface area is 203 Å². The molecule has 0 saturated heterocycles. The zero-order chi connectivity index (χ0) is 25.2. The average Bonchev–Trinajstić information content (AvgIpc) is 3.32. The van der Waals surface area contributed by atoms with Crippen molar-refractivity contribution in [1.82, 2.24) is 24.0 Å². The van der Waals surface area contributed by atoms with Crippen LogP contribution in [0.25, 0.3) is 16.6 Å². The number of amides is 1. The minimum absolute atomic E-state index is 0.0709. The highest BCUT2D eigenvalue weighted by Crippen LogP contribution is 2.24. The van der Waals surface area contributed by atoms with Gasteiger partial charge in [0, 0.05) is 55.4 Å². The standard InChI is InChI=1S/C25H27N5O4S/c1-4-29(5-2)35(33,34)20-11-12-23-21(13-20)22(14-24(31)27-23)25(32)28(3)16-18-15-26-30(17-18)19-9-7-6-8-10-19/h6-15,17H,4-5,16H2,1-3H3,(H,27,31). The molecule has 0 bridgehead atoms. The summed E-state index contributed by atoms with van der Waals surface area (Å²) in [6.45, 7) is 4.45. The Bertz CT molecular complexity index is 1520. The maximum absolute atomic E-state index is 13.4. The number of rotatable bonds is 8. The van der Waals surface area contributed by atoms with Crippen LogP contribution < -0.4 is 5.56 Å². The van der Waals surface area contributed by atoms with Crippen LogP contribution in [-0.2, 0) is 16.6 Å². The number of fused-ring (bicyclic) bond motifs is 1. The van der Waals surface area contributed by atoms with Crippen molar-refractivity contribution in [2.75, 3.05) is 20.1 Å². The smallest absolute Gasteiger partial charge is 0.254 e. The third-order valence-corrected chi connectivity index (χ3v) is 7.86. The second-order valence-corrected chi connectivity index (χ2v) is 10.1. The van der Waals surface area contributed by atoms with E-state index in [9.17, 15) is 18.0 Å². The average molecular weight is 494 g/mol. The lowest BCUT2D eigenvalue weighted by atomic mass is 10.1. The minimum atomic E-state index is -3.73. The van der Waals surface area contributed by atoms with Gasteiger partial charge in [-0.3, -0.25) is 9.59 Å². The first-order valence-corrected chi connectivity index (χ1v) is 12.7. The maximum Gasteiger partial charge on any atom is 0.254 e. The van der Waals surface area contributed by atoms with E-state index in [1.165, 1.54) is 33.5 Å². The first-order chi connectivity index (χ1) is 16.7. The van der Waals surface area contributed by atoms with Crippen molar-refractivity contribution in [3.63, 3.8) is 0 Å². The Kier molecular flexibility index (Phi) is 6.86. The molecule has 0 aliphatic heterocycles. The topological polar surface area (TPSA) is 108 Å². The number of benzene rings is 2. The van der Waals surface area contributed by atoms with E-state index in [-0.39, 0.29) is 17.0 Å². The molecule has 2 heterocycles. The van der Waals surface area contributed by atoms with E-state index in [4.69, 9.17) is 0 Å². The van der Waals surface area contributed by atoms with Gasteiger partial charge in [0.15, 0.2) is 0 Å². The number of aromatic nitrogens is 3. The van der Waals surface area contributed by atoms with Gasteiger partial charge < -0.3 is 9.88 Å². The normalized spacial score (nSPS) is 11.8. The van der Waals surface area contributed by atoms with Gasteiger partial charge in [-0.25, -0.2) is 13.1 Å².